The summed E-state index contributed by atoms with van der Waals surface area (Å²) < 4.78 is 5.65. The van der Waals surface area contributed by atoms with E-state index in [1.54, 1.807) is 12.3 Å². The van der Waals surface area contributed by atoms with Crippen molar-refractivity contribution >= 4 is 5.91 Å². The highest BCUT2D eigenvalue weighted by Gasteiger charge is 2.22. The summed E-state index contributed by atoms with van der Waals surface area (Å²) in [5.41, 5.74) is 3.45. The van der Waals surface area contributed by atoms with Crippen LogP contribution < -0.4 is 5.56 Å². The zero-order valence-electron chi connectivity index (χ0n) is 13.9. The number of hydrogen-bond donors (Lipinski definition) is 1. The van der Waals surface area contributed by atoms with Crippen molar-refractivity contribution < 1.29 is 9.21 Å². The van der Waals surface area contributed by atoms with Crippen LogP contribution >= 0.6 is 0 Å². The number of benzene rings is 1. The zero-order chi connectivity index (χ0) is 17.4. The van der Waals surface area contributed by atoms with Crippen LogP contribution in [0.4, 0.5) is 0 Å². The maximum Gasteiger partial charge on any atom is 0.254 e. The average molecular weight is 334 g/mol. The third kappa shape index (κ3) is 3.01. The molecule has 1 aromatic carbocycles. The molecule has 126 valence electrons. The van der Waals surface area contributed by atoms with Crippen LogP contribution in [-0.4, -0.2) is 22.3 Å². The van der Waals surface area contributed by atoms with E-state index >= 15 is 0 Å². The van der Waals surface area contributed by atoms with E-state index in [0.29, 0.717) is 25.1 Å². The molecule has 3 heterocycles. The van der Waals surface area contributed by atoms with Crippen molar-refractivity contribution in [3.05, 3.63) is 81.5 Å². The SMILES string of the molecule is Cc1ccc(-c2cccc(C(=O)N3CCc4cc(=O)[nH]cc4C3)c2)o1. The van der Waals surface area contributed by atoms with E-state index in [0.717, 1.165) is 28.2 Å². The van der Waals surface area contributed by atoms with Crippen LogP contribution in [0.3, 0.4) is 0 Å². The van der Waals surface area contributed by atoms with Crippen molar-refractivity contribution in [3.8, 4) is 11.3 Å². The highest BCUT2D eigenvalue weighted by Crippen LogP contribution is 2.24. The molecule has 0 aliphatic carbocycles. The van der Waals surface area contributed by atoms with Crippen LogP contribution in [0.1, 0.15) is 27.2 Å². The van der Waals surface area contributed by atoms with Crippen LogP contribution in [-0.2, 0) is 13.0 Å². The Labute approximate surface area is 144 Å². The lowest BCUT2D eigenvalue weighted by Crippen LogP contribution is -2.36. The fraction of sp³-hybridized carbons (Fsp3) is 0.200. The Morgan fingerprint density at radius 2 is 2.04 bits per heavy atom. The molecule has 0 unspecified atom stereocenters. The molecule has 1 amide bonds. The second kappa shape index (κ2) is 6.09. The van der Waals surface area contributed by atoms with Gasteiger partial charge in [-0.05, 0) is 48.7 Å². The van der Waals surface area contributed by atoms with Crippen LogP contribution in [0.5, 0.6) is 0 Å². The number of pyridine rings is 1. The van der Waals surface area contributed by atoms with Gasteiger partial charge in [0.15, 0.2) is 0 Å². The van der Waals surface area contributed by atoms with Crippen LogP contribution in [0.15, 0.2) is 57.9 Å². The largest absolute Gasteiger partial charge is 0.461 e. The standard InChI is InChI=1S/C20H18N2O3/c1-13-5-6-18(25-13)15-3-2-4-16(9-15)20(24)22-8-7-14-10-19(23)21-11-17(14)12-22/h2-6,9-11H,7-8,12H2,1H3,(H,21,23). The molecular formula is C20H18N2O3. The van der Waals surface area contributed by atoms with Crippen molar-refractivity contribution in [3.63, 3.8) is 0 Å². The molecule has 0 fully saturated rings. The van der Waals surface area contributed by atoms with E-state index in [2.05, 4.69) is 4.98 Å². The second-order valence-electron chi connectivity index (χ2n) is 6.32. The molecule has 0 atom stereocenters. The molecule has 1 aliphatic rings. The summed E-state index contributed by atoms with van der Waals surface area (Å²) in [4.78, 5) is 28.8. The number of nitrogens with one attached hydrogen (secondary N) is 1. The topological polar surface area (TPSA) is 66.3 Å². The summed E-state index contributed by atoms with van der Waals surface area (Å²) in [6, 6.07) is 12.9. The molecule has 0 radical (unpaired) electrons. The lowest BCUT2D eigenvalue weighted by atomic mass is 10.0. The predicted octanol–water partition coefficient (Wildman–Crippen LogP) is 3.14. The number of fused-ring (bicyclic) bond motifs is 1. The van der Waals surface area contributed by atoms with Gasteiger partial charge in [0.25, 0.3) is 5.91 Å². The third-order valence-corrected chi connectivity index (χ3v) is 4.54. The van der Waals surface area contributed by atoms with Crippen molar-refractivity contribution in [1.29, 1.82) is 0 Å². The van der Waals surface area contributed by atoms with E-state index in [-0.39, 0.29) is 11.5 Å². The molecule has 5 heteroatoms. The molecule has 0 bridgehead atoms. The van der Waals surface area contributed by atoms with E-state index < -0.39 is 0 Å². The van der Waals surface area contributed by atoms with Crippen molar-refractivity contribution in [1.82, 2.24) is 9.88 Å². The Morgan fingerprint density at radius 1 is 1.16 bits per heavy atom. The zero-order valence-corrected chi connectivity index (χ0v) is 13.9. The molecule has 0 spiro atoms. The molecule has 0 saturated heterocycles. The first kappa shape index (κ1) is 15.4. The highest BCUT2D eigenvalue weighted by molar-refractivity contribution is 5.95. The number of amides is 1. The van der Waals surface area contributed by atoms with E-state index in [4.69, 9.17) is 4.42 Å². The third-order valence-electron chi connectivity index (χ3n) is 4.54. The summed E-state index contributed by atoms with van der Waals surface area (Å²) in [6.45, 7) is 3.02. The number of furan rings is 1. The molecule has 5 nitrogen and oxygen atoms in total. The minimum absolute atomic E-state index is 0.0121. The van der Waals surface area contributed by atoms with Gasteiger partial charge in [0.2, 0.25) is 5.56 Å². The van der Waals surface area contributed by atoms with Crippen LogP contribution in [0.25, 0.3) is 11.3 Å². The Morgan fingerprint density at radius 3 is 2.84 bits per heavy atom. The van der Waals surface area contributed by atoms with Gasteiger partial charge in [-0.1, -0.05) is 12.1 Å². The smallest absolute Gasteiger partial charge is 0.254 e. The summed E-state index contributed by atoms with van der Waals surface area (Å²) >= 11 is 0. The monoisotopic (exact) mass is 334 g/mol. The minimum Gasteiger partial charge on any atom is -0.461 e. The van der Waals surface area contributed by atoms with Gasteiger partial charge in [0, 0.05) is 36.5 Å². The number of aromatic nitrogens is 1. The molecule has 1 N–H and O–H groups in total. The lowest BCUT2D eigenvalue weighted by molar-refractivity contribution is 0.0734. The van der Waals surface area contributed by atoms with Gasteiger partial charge in [0.1, 0.15) is 11.5 Å². The van der Waals surface area contributed by atoms with Crippen LogP contribution in [0.2, 0.25) is 0 Å². The number of hydrogen-bond acceptors (Lipinski definition) is 3. The first-order valence-electron chi connectivity index (χ1n) is 8.27. The lowest BCUT2D eigenvalue weighted by Gasteiger charge is -2.28. The number of aryl methyl sites for hydroxylation is 1. The number of aromatic amines is 1. The summed E-state index contributed by atoms with van der Waals surface area (Å²) in [5, 5.41) is 0. The quantitative estimate of drug-likeness (QED) is 0.783. The number of carbonyl (C=O) groups is 1. The number of H-pyrrole nitrogens is 1. The van der Waals surface area contributed by atoms with Gasteiger partial charge in [-0.3, -0.25) is 9.59 Å². The molecule has 2 aromatic heterocycles. The van der Waals surface area contributed by atoms with E-state index in [1.165, 1.54) is 0 Å². The van der Waals surface area contributed by atoms with Crippen LogP contribution in [0, 0.1) is 6.92 Å². The molecule has 1 aliphatic heterocycles. The first-order chi connectivity index (χ1) is 12.1. The number of carbonyl (C=O) groups excluding carboxylic acids is 1. The van der Waals surface area contributed by atoms with Gasteiger partial charge in [-0.15, -0.1) is 0 Å². The summed E-state index contributed by atoms with van der Waals surface area (Å²) in [7, 11) is 0. The van der Waals surface area contributed by atoms with Gasteiger partial charge in [-0.25, -0.2) is 0 Å². The fourth-order valence-electron chi connectivity index (χ4n) is 3.21. The molecular weight excluding hydrogens is 316 g/mol. The Balaban J connectivity index is 1.59. The van der Waals surface area contributed by atoms with Crippen molar-refractivity contribution in [2.24, 2.45) is 0 Å². The highest BCUT2D eigenvalue weighted by atomic mass is 16.3. The van der Waals surface area contributed by atoms with Gasteiger partial charge < -0.3 is 14.3 Å². The molecule has 25 heavy (non-hydrogen) atoms. The Bertz CT molecular complexity index is 1000. The summed E-state index contributed by atoms with van der Waals surface area (Å²) in [5.74, 6) is 1.59. The minimum atomic E-state index is -0.0973. The fourth-order valence-corrected chi connectivity index (χ4v) is 3.21. The first-order valence-corrected chi connectivity index (χ1v) is 8.27. The van der Waals surface area contributed by atoms with Gasteiger partial charge in [-0.2, -0.15) is 0 Å². The Hall–Kier alpha value is -3.08. The maximum atomic E-state index is 12.9. The molecule has 3 aromatic rings. The second-order valence-corrected chi connectivity index (χ2v) is 6.32. The Kier molecular flexibility index (Phi) is 3.76. The van der Waals surface area contributed by atoms with E-state index in [1.807, 2.05) is 48.2 Å². The molecule has 4 rings (SSSR count). The summed E-state index contributed by atoms with van der Waals surface area (Å²) in [6.07, 6.45) is 2.40. The average Bonchev–Trinajstić information content (AvgIpc) is 3.07. The van der Waals surface area contributed by atoms with Gasteiger partial charge >= 0.3 is 0 Å². The maximum absolute atomic E-state index is 12.9. The van der Waals surface area contributed by atoms with Crippen molar-refractivity contribution in [2.75, 3.05) is 6.54 Å². The normalized spacial score (nSPS) is 13.6. The van der Waals surface area contributed by atoms with E-state index in [9.17, 15) is 9.59 Å². The number of nitrogens with zero attached hydrogens (tertiary/aromatic N) is 1. The number of rotatable bonds is 2. The van der Waals surface area contributed by atoms with Crippen molar-refractivity contribution in [2.45, 2.75) is 19.9 Å². The predicted molar refractivity (Wildman–Crippen MR) is 94.4 cm³/mol. The van der Waals surface area contributed by atoms with Gasteiger partial charge in [0.05, 0.1) is 0 Å². The molecule has 0 saturated carbocycles.